The molecule has 1 aromatic rings. The van der Waals surface area contributed by atoms with Crippen molar-refractivity contribution in [2.75, 3.05) is 0 Å². The predicted molar refractivity (Wildman–Crippen MR) is 54.7 cm³/mol. The second kappa shape index (κ2) is 4.44. The van der Waals surface area contributed by atoms with Crippen LogP contribution in [0.25, 0.3) is 0 Å². The summed E-state index contributed by atoms with van der Waals surface area (Å²) in [6.07, 6.45) is -4.63. The summed E-state index contributed by atoms with van der Waals surface area (Å²) < 4.78 is 50.4. The first-order chi connectivity index (χ1) is 7.23. The third-order valence-corrected chi connectivity index (χ3v) is 2.82. The van der Waals surface area contributed by atoms with Crippen molar-refractivity contribution in [1.29, 1.82) is 0 Å². The van der Waals surface area contributed by atoms with Crippen LogP contribution in [0.2, 0.25) is 0 Å². The van der Waals surface area contributed by atoms with Crippen LogP contribution in [0, 0.1) is 11.7 Å². The zero-order valence-electron chi connectivity index (χ0n) is 9.40. The first-order valence-electron chi connectivity index (χ1n) is 5.10. The van der Waals surface area contributed by atoms with Crippen molar-refractivity contribution < 1.29 is 17.6 Å². The minimum absolute atomic E-state index is 0.0262. The summed E-state index contributed by atoms with van der Waals surface area (Å²) in [7, 11) is 0. The molecule has 0 aliphatic heterocycles. The largest absolute Gasteiger partial charge is 0.419 e. The van der Waals surface area contributed by atoms with Gasteiger partial charge >= 0.3 is 6.18 Å². The zero-order chi connectivity index (χ0) is 12.5. The predicted octanol–water partition coefficient (Wildman–Crippen LogP) is 4.60. The average molecular weight is 234 g/mol. The Labute approximate surface area is 92.3 Å². The van der Waals surface area contributed by atoms with Gasteiger partial charge in [0.2, 0.25) is 0 Å². The lowest BCUT2D eigenvalue weighted by molar-refractivity contribution is -0.140. The van der Waals surface area contributed by atoms with Gasteiger partial charge in [-0.05, 0) is 29.5 Å². The van der Waals surface area contributed by atoms with Crippen molar-refractivity contribution in [2.24, 2.45) is 5.92 Å². The molecule has 0 saturated carbocycles. The molecule has 16 heavy (non-hydrogen) atoms. The fraction of sp³-hybridized carbons (Fsp3) is 0.500. The SMILES string of the molecule is CC(C)[C@@H](C)c1ccc(F)c(C(F)(F)F)c1. The highest BCUT2D eigenvalue weighted by Gasteiger charge is 2.34. The van der Waals surface area contributed by atoms with Crippen LogP contribution in [0.15, 0.2) is 18.2 Å². The van der Waals surface area contributed by atoms with E-state index in [9.17, 15) is 17.6 Å². The summed E-state index contributed by atoms with van der Waals surface area (Å²) in [6, 6.07) is 3.20. The van der Waals surface area contributed by atoms with Crippen molar-refractivity contribution in [3.05, 3.63) is 35.1 Å². The second-order valence-electron chi connectivity index (χ2n) is 4.27. The minimum Gasteiger partial charge on any atom is -0.206 e. The van der Waals surface area contributed by atoms with Crippen LogP contribution in [-0.2, 0) is 6.18 Å². The molecule has 90 valence electrons. The summed E-state index contributed by atoms with van der Waals surface area (Å²) in [5, 5.41) is 0. The van der Waals surface area contributed by atoms with E-state index in [0.29, 0.717) is 5.56 Å². The van der Waals surface area contributed by atoms with Gasteiger partial charge in [0.25, 0.3) is 0 Å². The summed E-state index contributed by atoms with van der Waals surface area (Å²) in [5.74, 6) is -1.03. The molecule has 1 rings (SSSR count). The van der Waals surface area contributed by atoms with Crippen LogP contribution in [0.4, 0.5) is 17.6 Å². The molecule has 0 aliphatic carbocycles. The molecule has 0 aromatic heterocycles. The van der Waals surface area contributed by atoms with Crippen molar-refractivity contribution >= 4 is 0 Å². The molecule has 0 amide bonds. The van der Waals surface area contributed by atoms with Crippen LogP contribution < -0.4 is 0 Å². The Kier molecular flexibility index (Phi) is 3.61. The second-order valence-corrected chi connectivity index (χ2v) is 4.27. The molecule has 0 fully saturated rings. The van der Waals surface area contributed by atoms with E-state index in [1.807, 2.05) is 20.8 Å². The summed E-state index contributed by atoms with van der Waals surface area (Å²) in [4.78, 5) is 0. The molecule has 0 N–H and O–H groups in total. The van der Waals surface area contributed by atoms with Gasteiger partial charge in [-0.1, -0.05) is 26.8 Å². The molecule has 0 aliphatic rings. The van der Waals surface area contributed by atoms with Crippen LogP contribution in [0.1, 0.15) is 37.8 Å². The van der Waals surface area contributed by atoms with E-state index >= 15 is 0 Å². The van der Waals surface area contributed by atoms with E-state index in [1.165, 1.54) is 6.07 Å². The zero-order valence-corrected chi connectivity index (χ0v) is 9.40. The smallest absolute Gasteiger partial charge is 0.206 e. The molecule has 4 heteroatoms. The van der Waals surface area contributed by atoms with Crippen molar-refractivity contribution in [3.8, 4) is 0 Å². The molecule has 1 aromatic carbocycles. The van der Waals surface area contributed by atoms with E-state index in [2.05, 4.69) is 0 Å². The van der Waals surface area contributed by atoms with Gasteiger partial charge in [-0.15, -0.1) is 0 Å². The number of hydrogen-bond acceptors (Lipinski definition) is 0. The van der Waals surface area contributed by atoms with Crippen LogP contribution in [0.5, 0.6) is 0 Å². The first-order valence-corrected chi connectivity index (χ1v) is 5.10. The molecular formula is C12H14F4. The normalized spacial score (nSPS) is 14.2. The van der Waals surface area contributed by atoms with Gasteiger partial charge in [0.15, 0.2) is 0 Å². The van der Waals surface area contributed by atoms with Crippen LogP contribution in [-0.4, -0.2) is 0 Å². The van der Waals surface area contributed by atoms with Crippen molar-refractivity contribution in [3.63, 3.8) is 0 Å². The van der Waals surface area contributed by atoms with E-state index in [4.69, 9.17) is 0 Å². The Hall–Kier alpha value is -1.06. The lowest BCUT2D eigenvalue weighted by Gasteiger charge is -2.18. The van der Waals surface area contributed by atoms with E-state index < -0.39 is 17.6 Å². The van der Waals surface area contributed by atoms with Gasteiger partial charge in [0, 0.05) is 0 Å². The van der Waals surface area contributed by atoms with Gasteiger partial charge in [-0.3, -0.25) is 0 Å². The molecule has 0 nitrogen and oxygen atoms in total. The molecule has 0 bridgehead atoms. The summed E-state index contributed by atoms with van der Waals surface area (Å²) in [5.41, 5.74) is -0.666. The minimum atomic E-state index is -4.63. The molecular weight excluding hydrogens is 220 g/mol. The number of alkyl halides is 3. The fourth-order valence-electron chi connectivity index (χ4n) is 1.43. The highest BCUT2D eigenvalue weighted by molar-refractivity contribution is 5.29. The third kappa shape index (κ3) is 2.74. The van der Waals surface area contributed by atoms with Crippen LogP contribution in [0.3, 0.4) is 0 Å². The van der Waals surface area contributed by atoms with Crippen molar-refractivity contribution in [1.82, 2.24) is 0 Å². The molecule has 1 atom stereocenters. The first kappa shape index (κ1) is 13.0. The maximum Gasteiger partial charge on any atom is 0.419 e. The molecule has 0 saturated heterocycles. The topological polar surface area (TPSA) is 0 Å². The molecule has 0 heterocycles. The quantitative estimate of drug-likeness (QED) is 0.656. The Balaban J connectivity index is 3.18. The van der Waals surface area contributed by atoms with Gasteiger partial charge in [-0.25, -0.2) is 4.39 Å². The average Bonchev–Trinajstić information content (AvgIpc) is 2.15. The van der Waals surface area contributed by atoms with Gasteiger partial charge in [0.05, 0.1) is 5.56 Å². The Morgan fingerprint density at radius 2 is 1.62 bits per heavy atom. The van der Waals surface area contributed by atoms with E-state index in [-0.39, 0.29) is 11.8 Å². The standard InChI is InChI=1S/C12H14F4/c1-7(2)8(3)9-4-5-11(13)10(6-9)12(14,15)16/h4-8H,1-3H3/t8-/m1/s1. The lowest BCUT2D eigenvalue weighted by Crippen LogP contribution is -2.10. The fourth-order valence-corrected chi connectivity index (χ4v) is 1.43. The van der Waals surface area contributed by atoms with Gasteiger partial charge in [-0.2, -0.15) is 13.2 Å². The Morgan fingerprint density at radius 3 is 2.06 bits per heavy atom. The molecule has 0 spiro atoms. The highest BCUT2D eigenvalue weighted by Crippen LogP contribution is 2.34. The highest BCUT2D eigenvalue weighted by atomic mass is 19.4. The number of halogens is 4. The van der Waals surface area contributed by atoms with Gasteiger partial charge < -0.3 is 0 Å². The molecule has 0 unspecified atom stereocenters. The van der Waals surface area contributed by atoms with Crippen LogP contribution >= 0.6 is 0 Å². The Bertz CT molecular complexity index is 366. The number of hydrogen-bond donors (Lipinski definition) is 0. The molecule has 0 radical (unpaired) electrons. The van der Waals surface area contributed by atoms with Crippen molar-refractivity contribution in [2.45, 2.75) is 32.9 Å². The number of benzene rings is 1. The monoisotopic (exact) mass is 234 g/mol. The third-order valence-electron chi connectivity index (χ3n) is 2.82. The Morgan fingerprint density at radius 1 is 1.06 bits per heavy atom. The maximum absolute atomic E-state index is 13.0. The van der Waals surface area contributed by atoms with E-state index in [1.54, 1.807) is 0 Å². The van der Waals surface area contributed by atoms with E-state index in [0.717, 1.165) is 12.1 Å². The summed E-state index contributed by atoms with van der Waals surface area (Å²) >= 11 is 0. The number of rotatable bonds is 2. The summed E-state index contributed by atoms with van der Waals surface area (Å²) in [6.45, 7) is 5.67. The lowest BCUT2D eigenvalue weighted by atomic mass is 9.89. The van der Waals surface area contributed by atoms with Gasteiger partial charge in [0.1, 0.15) is 5.82 Å². The maximum atomic E-state index is 13.0.